The Labute approximate surface area is 208 Å². The van der Waals surface area contributed by atoms with Crippen LogP contribution in [0.25, 0.3) is 11.3 Å². The summed E-state index contributed by atoms with van der Waals surface area (Å²) in [5.41, 5.74) is -3.93. The van der Waals surface area contributed by atoms with E-state index < -0.39 is 64.3 Å². The number of hydrogen-bond acceptors (Lipinski definition) is 6. The van der Waals surface area contributed by atoms with Crippen molar-refractivity contribution in [3.05, 3.63) is 47.0 Å². The number of benzene rings is 1. The number of alkyl halides is 6. The lowest BCUT2D eigenvalue weighted by atomic mass is 10.0. The molecule has 1 unspecified atom stereocenters. The Morgan fingerprint density at radius 2 is 1.89 bits per heavy atom. The number of halogens is 7. The van der Waals surface area contributed by atoms with Crippen LogP contribution in [0.1, 0.15) is 28.7 Å². The molecule has 0 fully saturated rings. The highest BCUT2D eigenvalue weighted by molar-refractivity contribution is 6.07. The summed E-state index contributed by atoms with van der Waals surface area (Å²) in [5.74, 6) is -3.83. The second-order valence-corrected chi connectivity index (χ2v) is 8.03. The van der Waals surface area contributed by atoms with Crippen LogP contribution >= 0.6 is 0 Å². The molecule has 3 aromatic rings. The summed E-state index contributed by atoms with van der Waals surface area (Å²) in [7, 11) is 0. The first-order valence-electron chi connectivity index (χ1n) is 10.6. The third kappa shape index (κ3) is 5.33. The summed E-state index contributed by atoms with van der Waals surface area (Å²) in [4.78, 5) is 28.5. The molecule has 0 saturated carbocycles. The molecule has 0 spiro atoms. The van der Waals surface area contributed by atoms with Gasteiger partial charge in [0.15, 0.2) is 30.0 Å². The summed E-state index contributed by atoms with van der Waals surface area (Å²) in [6, 6.07) is 3.83. The predicted octanol–water partition coefficient (Wildman–Crippen LogP) is 4.85. The van der Waals surface area contributed by atoms with E-state index in [1.807, 2.05) is 5.32 Å². The molecule has 4 rings (SSSR count). The molecular formula is C22H16F7N5O4. The molecule has 1 atom stereocenters. The third-order valence-corrected chi connectivity index (χ3v) is 5.28. The van der Waals surface area contributed by atoms with Gasteiger partial charge >= 0.3 is 12.4 Å². The number of nitrogens with one attached hydrogen (secondary N) is 3. The number of ether oxygens (including phenoxy) is 2. The maximum Gasteiger partial charge on any atom is 0.437 e. The van der Waals surface area contributed by atoms with Crippen molar-refractivity contribution in [3.63, 3.8) is 0 Å². The van der Waals surface area contributed by atoms with Crippen LogP contribution in [0.15, 0.2) is 24.3 Å². The minimum atomic E-state index is -4.98. The lowest BCUT2D eigenvalue weighted by molar-refractivity contribution is -0.189. The Balaban J connectivity index is 1.78. The van der Waals surface area contributed by atoms with Gasteiger partial charge in [-0.25, -0.2) is 9.37 Å². The van der Waals surface area contributed by atoms with Gasteiger partial charge in [-0.05, 0) is 38.1 Å². The maximum absolute atomic E-state index is 15.2. The zero-order chi connectivity index (χ0) is 28.0. The van der Waals surface area contributed by atoms with Gasteiger partial charge in [0.1, 0.15) is 11.6 Å². The van der Waals surface area contributed by atoms with Crippen LogP contribution in [0.3, 0.4) is 0 Å². The molecule has 9 nitrogen and oxygen atoms in total. The van der Waals surface area contributed by atoms with Crippen molar-refractivity contribution in [2.75, 3.05) is 17.2 Å². The topological polar surface area (TPSA) is 118 Å². The van der Waals surface area contributed by atoms with Crippen LogP contribution in [0.5, 0.6) is 11.5 Å². The van der Waals surface area contributed by atoms with Gasteiger partial charge < -0.3 is 20.1 Å². The molecule has 1 aromatic carbocycles. The summed E-state index contributed by atoms with van der Waals surface area (Å²) < 4.78 is 105. The molecule has 1 aliphatic heterocycles. The highest BCUT2D eigenvalue weighted by Crippen LogP contribution is 2.38. The standard InChI is InChI=1S/C22H16F7N5O4/c1-8-17(18(34-33-8)22(27,28)29)32-20(36)11-5-12(23)10(6-15(11)38-9(2)21(24,25)26)13-3-4-14-19(30-13)31-16(35)7-37-14/h3-6,9H,7H2,1-2H3,(H,32,36)(H,33,34)(H,30,31,35). The monoisotopic (exact) mass is 547 g/mol. The molecule has 2 aromatic heterocycles. The van der Waals surface area contributed by atoms with Gasteiger partial charge in [-0.1, -0.05) is 0 Å². The molecule has 2 amide bonds. The van der Waals surface area contributed by atoms with Gasteiger partial charge in [0.05, 0.1) is 22.6 Å². The number of hydrogen-bond donors (Lipinski definition) is 3. The van der Waals surface area contributed by atoms with Crippen LogP contribution < -0.4 is 20.1 Å². The van der Waals surface area contributed by atoms with Crippen molar-refractivity contribution in [1.82, 2.24) is 15.2 Å². The van der Waals surface area contributed by atoms with E-state index in [2.05, 4.69) is 20.5 Å². The van der Waals surface area contributed by atoms with Crippen LogP contribution in [-0.4, -0.2) is 45.9 Å². The van der Waals surface area contributed by atoms with Crippen molar-refractivity contribution in [2.24, 2.45) is 0 Å². The second kappa shape index (κ2) is 9.50. The average Bonchev–Trinajstić information content (AvgIpc) is 3.19. The van der Waals surface area contributed by atoms with E-state index in [9.17, 15) is 35.9 Å². The molecule has 38 heavy (non-hydrogen) atoms. The molecule has 0 aliphatic carbocycles. The molecule has 1 aliphatic rings. The van der Waals surface area contributed by atoms with Gasteiger partial charge in [-0.3, -0.25) is 14.7 Å². The lowest BCUT2D eigenvalue weighted by Gasteiger charge is -2.21. The Morgan fingerprint density at radius 1 is 1.18 bits per heavy atom. The number of H-pyrrole nitrogens is 1. The fourth-order valence-corrected chi connectivity index (χ4v) is 3.36. The average molecular weight is 547 g/mol. The molecule has 0 bridgehead atoms. The Kier molecular flexibility index (Phi) is 6.67. The number of pyridine rings is 1. The van der Waals surface area contributed by atoms with E-state index in [0.717, 1.165) is 13.0 Å². The first kappa shape index (κ1) is 26.7. The first-order chi connectivity index (χ1) is 17.6. The van der Waals surface area contributed by atoms with E-state index in [1.165, 1.54) is 12.1 Å². The highest BCUT2D eigenvalue weighted by atomic mass is 19.4. The highest BCUT2D eigenvalue weighted by Gasteiger charge is 2.40. The molecule has 3 N–H and O–H groups in total. The van der Waals surface area contributed by atoms with Crippen molar-refractivity contribution in [3.8, 4) is 22.8 Å². The summed E-state index contributed by atoms with van der Waals surface area (Å²) in [6.45, 7) is 1.50. The van der Waals surface area contributed by atoms with E-state index in [1.54, 1.807) is 0 Å². The Morgan fingerprint density at radius 3 is 2.55 bits per heavy atom. The van der Waals surface area contributed by atoms with Crippen molar-refractivity contribution >= 4 is 23.3 Å². The molecule has 16 heteroatoms. The van der Waals surface area contributed by atoms with Crippen molar-refractivity contribution in [2.45, 2.75) is 32.3 Å². The van der Waals surface area contributed by atoms with Gasteiger partial charge in [0, 0.05) is 5.56 Å². The zero-order valence-electron chi connectivity index (χ0n) is 19.3. The molecule has 3 heterocycles. The number of rotatable bonds is 5. The van der Waals surface area contributed by atoms with E-state index in [0.29, 0.717) is 13.0 Å². The minimum absolute atomic E-state index is 0.0822. The normalized spacial score (nSPS) is 14.3. The number of aromatic amines is 1. The van der Waals surface area contributed by atoms with Crippen molar-refractivity contribution in [1.29, 1.82) is 0 Å². The molecular weight excluding hydrogens is 531 g/mol. The van der Waals surface area contributed by atoms with Crippen LogP contribution in [0.4, 0.5) is 42.2 Å². The maximum atomic E-state index is 15.2. The van der Waals surface area contributed by atoms with Gasteiger partial charge in [0.25, 0.3) is 11.8 Å². The number of anilines is 2. The van der Waals surface area contributed by atoms with E-state index >= 15 is 4.39 Å². The number of carbonyl (C=O) groups excluding carboxylic acids is 2. The van der Waals surface area contributed by atoms with Gasteiger partial charge in [-0.15, -0.1) is 0 Å². The number of nitrogens with zero attached hydrogens (tertiary/aromatic N) is 2. The number of carbonyl (C=O) groups is 2. The van der Waals surface area contributed by atoms with Gasteiger partial charge in [0.2, 0.25) is 0 Å². The van der Waals surface area contributed by atoms with Crippen LogP contribution in [-0.2, 0) is 11.0 Å². The van der Waals surface area contributed by atoms with E-state index in [-0.39, 0.29) is 29.6 Å². The van der Waals surface area contributed by atoms with Crippen molar-refractivity contribution < 1.29 is 49.8 Å². The SMILES string of the molecule is Cc1[nH]nc(C(F)(F)F)c1NC(=O)c1cc(F)c(-c2ccc3c(n2)NC(=O)CO3)cc1OC(C)C(F)(F)F. The number of fused-ring (bicyclic) bond motifs is 1. The number of amides is 2. The lowest BCUT2D eigenvalue weighted by Crippen LogP contribution is -2.32. The van der Waals surface area contributed by atoms with Crippen LogP contribution in [0, 0.1) is 12.7 Å². The Hall–Kier alpha value is -4.37. The van der Waals surface area contributed by atoms with E-state index in [4.69, 9.17) is 9.47 Å². The number of aromatic nitrogens is 3. The summed E-state index contributed by atoms with van der Waals surface area (Å²) in [6.07, 6.45) is -12.4. The third-order valence-electron chi connectivity index (χ3n) is 5.28. The first-order valence-corrected chi connectivity index (χ1v) is 10.6. The predicted molar refractivity (Wildman–Crippen MR) is 116 cm³/mol. The summed E-state index contributed by atoms with van der Waals surface area (Å²) >= 11 is 0. The molecule has 0 saturated heterocycles. The fourth-order valence-electron chi connectivity index (χ4n) is 3.36. The zero-order valence-corrected chi connectivity index (χ0v) is 19.3. The smallest absolute Gasteiger partial charge is 0.437 e. The fraction of sp³-hybridized carbons (Fsp3) is 0.273. The quantitative estimate of drug-likeness (QED) is 0.393. The number of aryl methyl sites for hydroxylation is 1. The minimum Gasteiger partial charge on any atom is -0.480 e. The van der Waals surface area contributed by atoms with Crippen LogP contribution in [0.2, 0.25) is 0 Å². The van der Waals surface area contributed by atoms with Gasteiger partial charge in [-0.2, -0.15) is 31.4 Å². The molecule has 202 valence electrons. The molecule has 0 radical (unpaired) electrons. The Bertz CT molecular complexity index is 1420. The summed E-state index contributed by atoms with van der Waals surface area (Å²) in [5, 5.41) is 9.43. The second-order valence-electron chi connectivity index (χ2n) is 8.03. The largest absolute Gasteiger partial charge is 0.480 e.